The first kappa shape index (κ1) is 20.6. The molecule has 5 unspecified atom stereocenters. The normalized spacial score (nSPS) is 26.5. The molecule has 164 valence electrons. The lowest BCUT2D eigenvalue weighted by molar-refractivity contribution is -0.384. The first-order chi connectivity index (χ1) is 15.3. The number of nitrogens with one attached hydrogen (secondary N) is 1. The van der Waals surface area contributed by atoms with Crippen molar-refractivity contribution in [1.82, 2.24) is 4.90 Å². The van der Waals surface area contributed by atoms with E-state index < -0.39 is 28.7 Å². The number of carbonyl (C=O) groups excluding carboxylic acids is 3. The van der Waals surface area contributed by atoms with Gasteiger partial charge in [0.2, 0.25) is 17.7 Å². The Morgan fingerprint density at radius 2 is 1.88 bits per heavy atom. The minimum absolute atomic E-state index is 0.0501. The SMILES string of the molecule is O=C(CC(c1ccc(Br)o1)N1C(=O)C2C3C=CC(C3)C2C1=O)Nc1cccc([N+](=O)[O-])c1. The molecule has 32 heavy (non-hydrogen) atoms. The van der Waals surface area contributed by atoms with Gasteiger partial charge in [-0.1, -0.05) is 18.2 Å². The second kappa shape index (κ2) is 7.70. The van der Waals surface area contributed by atoms with E-state index in [0.717, 1.165) is 6.42 Å². The summed E-state index contributed by atoms with van der Waals surface area (Å²) in [6.45, 7) is 0. The van der Waals surface area contributed by atoms with Crippen LogP contribution in [0.3, 0.4) is 0 Å². The highest BCUT2D eigenvalue weighted by Gasteiger charge is 2.60. The summed E-state index contributed by atoms with van der Waals surface area (Å²) in [5.74, 6) is -1.43. The Bertz CT molecular complexity index is 1140. The fraction of sp³-hybridized carbons (Fsp3) is 0.318. The molecule has 0 spiro atoms. The maximum atomic E-state index is 13.3. The number of imide groups is 1. The van der Waals surface area contributed by atoms with Gasteiger partial charge in [-0.15, -0.1) is 0 Å². The van der Waals surface area contributed by atoms with E-state index >= 15 is 0 Å². The molecule has 3 aliphatic rings. The number of carbonyl (C=O) groups is 3. The average Bonchev–Trinajstić information content (AvgIpc) is 3.52. The molecule has 2 bridgehead atoms. The highest BCUT2D eigenvalue weighted by molar-refractivity contribution is 9.10. The number of nitro groups is 1. The molecule has 1 N–H and O–H groups in total. The molecule has 10 heteroatoms. The predicted octanol–water partition coefficient (Wildman–Crippen LogP) is 3.83. The number of benzene rings is 1. The number of fused-ring (bicyclic) bond motifs is 5. The van der Waals surface area contributed by atoms with Gasteiger partial charge in [0.1, 0.15) is 11.8 Å². The Labute approximate surface area is 190 Å². The molecule has 5 rings (SSSR count). The molecule has 1 aromatic carbocycles. The van der Waals surface area contributed by atoms with Crippen molar-refractivity contribution >= 4 is 45.0 Å². The van der Waals surface area contributed by atoms with E-state index in [2.05, 4.69) is 21.2 Å². The van der Waals surface area contributed by atoms with E-state index in [1.54, 1.807) is 12.1 Å². The molecular weight excluding hydrogens is 482 g/mol. The van der Waals surface area contributed by atoms with Crippen molar-refractivity contribution in [3.63, 3.8) is 0 Å². The summed E-state index contributed by atoms with van der Waals surface area (Å²) < 4.78 is 6.05. The number of hydrogen-bond acceptors (Lipinski definition) is 6. The summed E-state index contributed by atoms with van der Waals surface area (Å²) in [4.78, 5) is 51.0. The van der Waals surface area contributed by atoms with Gasteiger partial charge in [0, 0.05) is 17.8 Å². The van der Waals surface area contributed by atoms with Crippen molar-refractivity contribution in [2.45, 2.75) is 18.9 Å². The van der Waals surface area contributed by atoms with Gasteiger partial charge in [-0.25, -0.2) is 0 Å². The number of anilines is 1. The maximum Gasteiger partial charge on any atom is 0.271 e. The second-order valence-corrected chi connectivity index (χ2v) is 9.05. The molecule has 2 aromatic rings. The van der Waals surface area contributed by atoms with Crippen LogP contribution < -0.4 is 5.32 Å². The van der Waals surface area contributed by atoms with Crippen LogP contribution >= 0.6 is 15.9 Å². The molecule has 1 saturated carbocycles. The van der Waals surface area contributed by atoms with Crippen LogP contribution in [0.4, 0.5) is 11.4 Å². The third-order valence-electron chi connectivity index (χ3n) is 6.46. The van der Waals surface area contributed by atoms with E-state index in [9.17, 15) is 24.5 Å². The van der Waals surface area contributed by atoms with Crippen molar-refractivity contribution in [1.29, 1.82) is 0 Å². The van der Waals surface area contributed by atoms with Crippen molar-refractivity contribution in [3.8, 4) is 0 Å². The molecule has 1 aromatic heterocycles. The quantitative estimate of drug-likeness (QED) is 0.279. The Morgan fingerprint density at radius 1 is 1.19 bits per heavy atom. The van der Waals surface area contributed by atoms with Gasteiger partial charge in [-0.05, 0) is 52.4 Å². The number of non-ortho nitro benzene ring substituents is 1. The number of rotatable bonds is 6. The molecule has 2 aliphatic carbocycles. The van der Waals surface area contributed by atoms with E-state index in [-0.39, 0.29) is 41.4 Å². The summed E-state index contributed by atoms with van der Waals surface area (Å²) in [6, 6.07) is 7.91. The van der Waals surface area contributed by atoms with E-state index in [0.29, 0.717) is 10.4 Å². The fourth-order valence-electron chi connectivity index (χ4n) is 5.14. The van der Waals surface area contributed by atoms with Crippen LogP contribution in [0, 0.1) is 33.8 Å². The summed E-state index contributed by atoms with van der Waals surface area (Å²) >= 11 is 3.23. The number of nitrogens with zero attached hydrogens (tertiary/aromatic N) is 2. The van der Waals surface area contributed by atoms with E-state index in [4.69, 9.17) is 4.42 Å². The number of allylic oxidation sites excluding steroid dienone is 2. The zero-order valence-electron chi connectivity index (χ0n) is 16.6. The summed E-state index contributed by atoms with van der Waals surface area (Å²) in [7, 11) is 0. The molecule has 9 nitrogen and oxygen atoms in total. The lowest BCUT2D eigenvalue weighted by atomic mass is 9.85. The van der Waals surface area contributed by atoms with Crippen LogP contribution in [-0.4, -0.2) is 27.5 Å². The van der Waals surface area contributed by atoms with Crippen LogP contribution in [0.5, 0.6) is 0 Å². The molecular formula is C22H18BrN3O6. The summed E-state index contributed by atoms with van der Waals surface area (Å²) in [6.07, 6.45) is 4.59. The number of furan rings is 1. The van der Waals surface area contributed by atoms with Crippen LogP contribution in [0.25, 0.3) is 0 Å². The zero-order chi connectivity index (χ0) is 22.6. The third kappa shape index (κ3) is 3.35. The molecule has 1 aliphatic heterocycles. The van der Waals surface area contributed by atoms with Gasteiger partial charge in [0.25, 0.3) is 5.69 Å². The Kier molecular flexibility index (Phi) is 4.96. The van der Waals surface area contributed by atoms with Crippen LogP contribution in [0.1, 0.15) is 24.6 Å². The zero-order valence-corrected chi connectivity index (χ0v) is 18.2. The minimum Gasteiger partial charge on any atom is -0.452 e. The maximum absolute atomic E-state index is 13.3. The van der Waals surface area contributed by atoms with Crippen molar-refractivity contribution in [2.24, 2.45) is 23.7 Å². The van der Waals surface area contributed by atoms with Crippen molar-refractivity contribution < 1.29 is 23.7 Å². The van der Waals surface area contributed by atoms with Gasteiger partial charge in [0.15, 0.2) is 4.67 Å². The number of hydrogen-bond donors (Lipinski definition) is 1. The van der Waals surface area contributed by atoms with E-state index in [1.807, 2.05) is 12.2 Å². The smallest absolute Gasteiger partial charge is 0.271 e. The van der Waals surface area contributed by atoms with Gasteiger partial charge in [-0.3, -0.25) is 29.4 Å². The van der Waals surface area contributed by atoms with Crippen LogP contribution in [0.15, 0.2) is 57.6 Å². The minimum atomic E-state index is -0.912. The Hall–Kier alpha value is -3.27. The van der Waals surface area contributed by atoms with Crippen LogP contribution in [0.2, 0.25) is 0 Å². The highest BCUT2D eigenvalue weighted by atomic mass is 79.9. The number of nitro benzene ring substituents is 1. The summed E-state index contributed by atoms with van der Waals surface area (Å²) in [5, 5.41) is 13.6. The van der Waals surface area contributed by atoms with Crippen molar-refractivity contribution in [3.05, 3.63) is 69.1 Å². The monoisotopic (exact) mass is 499 g/mol. The lowest BCUT2D eigenvalue weighted by Crippen LogP contribution is -2.38. The van der Waals surface area contributed by atoms with Crippen molar-refractivity contribution in [2.75, 3.05) is 5.32 Å². The van der Waals surface area contributed by atoms with Gasteiger partial charge in [-0.2, -0.15) is 0 Å². The van der Waals surface area contributed by atoms with Gasteiger partial charge in [0.05, 0.1) is 23.2 Å². The number of amides is 3. The first-order valence-electron chi connectivity index (χ1n) is 10.2. The fourth-order valence-corrected chi connectivity index (χ4v) is 5.46. The average molecular weight is 500 g/mol. The summed E-state index contributed by atoms with van der Waals surface area (Å²) in [5.41, 5.74) is 0.0942. The molecule has 2 fully saturated rings. The second-order valence-electron chi connectivity index (χ2n) is 8.26. The topological polar surface area (TPSA) is 123 Å². The lowest BCUT2D eigenvalue weighted by Gasteiger charge is -2.26. The predicted molar refractivity (Wildman–Crippen MR) is 115 cm³/mol. The largest absolute Gasteiger partial charge is 0.452 e. The molecule has 0 radical (unpaired) electrons. The van der Waals surface area contributed by atoms with Crippen LogP contribution in [-0.2, 0) is 14.4 Å². The Balaban J connectivity index is 1.41. The standard InChI is InChI=1S/C22H18BrN3O6/c23-17-7-6-16(32-17)15(10-18(27)24-13-2-1-3-14(9-13)26(30)31)25-21(28)19-11-4-5-12(8-11)20(19)22(25)29/h1-7,9,11-12,15,19-20H,8,10H2,(H,24,27). The first-order valence-corrected chi connectivity index (χ1v) is 11.0. The van der Waals surface area contributed by atoms with Gasteiger partial charge < -0.3 is 9.73 Å². The number of likely N-dealkylation sites (tertiary alicyclic amines) is 1. The highest BCUT2D eigenvalue weighted by Crippen LogP contribution is 2.54. The molecule has 3 amide bonds. The molecule has 1 saturated heterocycles. The van der Waals surface area contributed by atoms with E-state index in [1.165, 1.54) is 29.2 Å². The van der Waals surface area contributed by atoms with Gasteiger partial charge >= 0.3 is 0 Å². The Morgan fingerprint density at radius 3 is 2.47 bits per heavy atom. The third-order valence-corrected chi connectivity index (χ3v) is 6.88. The molecule has 5 atom stereocenters. The molecule has 2 heterocycles. The number of halogens is 1.